The van der Waals surface area contributed by atoms with Crippen LogP contribution in [0.3, 0.4) is 0 Å². The number of hydrogen-bond acceptors (Lipinski definition) is 6. The largest absolute Gasteiger partial charge is 0.334 e. The van der Waals surface area contributed by atoms with Crippen LogP contribution in [0, 0.1) is 0 Å². The van der Waals surface area contributed by atoms with E-state index in [1.165, 1.54) is 4.31 Å². The molecule has 1 aliphatic rings. The molecular weight excluding hydrogens is 340 g/mol. The van der Waals surface area contributed by atoms with Crippen molar-refractivity contribution in [1.82, 2.24) is 14.4 Å². The fourth-order valence-corrected chi connectivity index (χ4v) is 4.71. The molecule has 1 aliphatic carbocycles. The minimum Gasteiger partial charge on any atom is -0.334 e. The van der Waals surface area contributed by atoms with Gasteiger partial charge in [0.05, 0.1) is 10.4 Å². The molecule has 3 rings (SSSR count). The molecule has 0 amide bonds. The highest BCUT2D eigenvalue weighted by molar-refractivity contribution is 7.89. The average molecular weight is 364 g/mol. The minimum absolute atomic E-state index is 0.255. The molecular formula is C17H24N4O3S. The Bertz CT molecular complexity index is 820. The first-order chi connectivity index (χ1) is 11.9. The van der Waals surface area contributed by atoms with Crippen molar-refractivity contribution in [3.8, 4) is 11.5 Å². The summed E-state index contributed by atoms with van der Waals surface area (Å²) in [6.45, 7) is 4.51. The summed E-state index contributed by atoms with van der Waals surface area (Å²) in [5, 5.41) is 4.03. The van der Waals surface area contributed by atoms with Crippen LogP contribution in [0.1, 0.15) is 45.4 Å². The molecule has 0 aliphatic heterocycles. The molecule has 8 heteroatoms. The maximum absolute atomic E-state index is 12.5. The van der Waals surface area contributed by atoms with Gasteiger partial charge in [-0.1, -0.05) is 31.8 Å². The predicted octanol–water partition coefficient (Wildman–Crippen LogP) is 2.50. The van der Waals surface area contributed by atoms with Crippen molar-refractivity contribution in [3.63, 3.8) is 0 Å². The number of nitrogens with zero attached hydrogens (tertiary/aromatic N) is 3. The zero-order chi connectivity index (χ0) is 18.1. The highest BCUT2D eigenvalue weighted by Gasteiger charge is 2.36. The topological polar surface area (TPSA) is 102 Å². The molecule has 2 N–H and O–H groups in total. The zero-order valence-corrected chi connectivity index (χ0v) is 15.4. The summed E-state index contributed by atoms with van der Waals surface area (Å²) in [7, 11) is -3.47. The van der Waals surface area contributed by atoms with E-state index in [0.717, 1.165) is 25.7 Å². The van der Waals surface area contributed by atoms with E-state index in [2.05, 4.69) is 10.1 Å². The smallest absolute Gasteiger partial charge is 0.257 e. The second kappa shape index (κ2) is 6.86. The van der Waals surface area contributed by atoms with E-state index in [-0.39, 0.29) is 4.90 Å². The molecule has 0 saturated heterocycles. The Labute approximate surface area is 148 Å². The molecule has 0 atom stereocenters. The van der Waals surface area contributed by atoms with E-state index in [4.69, 9.17) is 10.3 Å². The van der Waals surface area contributed by atoms with Crippen LogP contribution in [0.15, 0.2) is 33.7 Å². The van der Waals surface area contributed by atoms with Gasteiger partial charge in [-0.2, -0.15) is 9.29 Å². The summed E-state index contributed by atoms with van der Waals surface area (Å²) < 4.78 is 31.8. The van der Waals surface area contributed by atoms with Crippen LogP contribution >= 0.6 is 0 Å². The molecule has 0 spiro atoms. The Kier molecular flexibility index (Phi) is 4.95. The van der Waals surface area contributed by atoms with Gasteiger partial charge < -0.3 is 10.3 Å². The SMILES string of the molecule is CCN(CC)S(=O)(=O)c1ccc(-c2nc(C3(N)CCCC3)no2)cc1. The van der Waals surface area contributed by atoms with Gasteiger partial charge >= 0.3 is 0 Å². The fraction of sp³-hybridized carbons (Fsp3) is 0.529. The molecule has 0 bridgehead atoms. The van der Waals surface area contributed by atoms with Gasteiger partial charge in [0.1, 0.15) is 0 Å². The number of hydrogen-bond donors (Lipinski definition) is 1. The van der Waals surface area contributed by atoms with Gasteiger partial charge in [0.15, 0.2) is 5.82 Å². The molecule has 1 aromatic carbocycles. The van der Waals surface area contributed by atoms with Crippen LogP contribution in [0.25, 0.3) is 11.5 Å². The number of benzene rings is 1. The molecule has 0 unspecified atom stereocenters. The highest BCUT2D eigenvalue weighted by atomic mass is 32.2. The van der Waals surface area contributed by atoms with Gasteiger partial charge in [-0.3, -0.25) is 0 Å². The lowest BCUT2D eigenvalue weighted by atomic mass is 9.99. The Hall–Kier alpha value is -1.77. The minimum atomic E-state index is -3.47. The van der Waals surface area contributed by atoms with E-state index in [1.54, 1.807) is 24.3 Å². The third kappa shape index (κ3) is 3.33. The normalized spacial score (nSPS) is 17.3. The molecule has 1 aromatic heterocycles. The molecule has 1 fully saturated rings. The zero-order valence-electron chi connectivity index (χ0n) is 14.6. The van der Waals surface area contributed by atoms with Crippen LogP contribution in [0.5, 0.6) is 0 Å². The summed E-state index contributed by atoms with van der Waals surface area (Å²) in [4.78, 5) is 4.69. The van der Waals surface area contributed by atoms with Crippen molar-refractivity contribution >= 4 is 10.0 Å². The third-order valence-electron chi connectivity index (χ3n) is 4.81. The van der Waals surface area contributed by atoms with Crippen molar-refractivity contribution in [1.29, 1.82) is 0 Å². The Morgan fingerprint density at radius 2 is 1.76 bits per heavy atom. The number of sulfonamides is 1. The van der Waals surface area contributed by atoms with Gasteiger partial charge in [0.2, 0.25) is 10.0 Å². The van der Waals surface area contributed by atoms with E-state index in [1.807, 2.05) is 13.8 Å². The van der Waals surface area contributed by atoms with Crippen molar-refractivity contribution in [3.05, 3.63) is 30.1 Å². The van der Waals surface area contributed by atoms with Crippen LogP contribution in [0.4, 0.5) is 0 Å². The standard InChI is InChI=1S/C17H24N4O3S/c1-3-21(4-2)25(22,23)14-9-7-13(8-10-14)15-19-16(20-24-15)17(18)11-5-6-12-17/h7-10H,3-6,11-12,18H2,1-2H3. The van der Waals surface area contributed by atoms with E-state index < -0.39 is 15.6 Å². The van der Waals surface area contributed by atoms with Crippen molar-refractivity contribution in [2.24, 2.45) is 5.73 Å². The van der Waals surface area contributed by atoms with Crippen molar-refractivity contribution in [2.75, 3.05) is 13.1 Å². The van der Waals surface area contributed by atoms with Crippen LogP contribution in [-0.4, -0.2) is 36.0 Å². The van der Waals surface area contributed by atoms with Crippen molar-refractivity contribution in [2.45, 2.75) is 50.0 Å². The first-order valence-corrected chi connectivity index (χ1v) is 10.1. The Morgan fingerprint density at radius 1 is 1.16 bits per heavy atom. The summed E-state index contributed by atoms with van der Waals surface area (Å²) in [6, 6.07) is 6.51. The first-order valence-electron chi connectivity index (χ1n) is 8.64. The Morgan fingerprint density at radius 3 is 2.32 bits per heavy atom. The van der Waals surface area contributed by atoms with Crippen LogP contribution in [-0.2, 0) is 15.6 Å². The summed E-state index contributed by atoms with van der Waals surface area (Å²) in [5.41, 5.74) is 6.52. The molecule has 136 valence electrons. The van der Waals surface area contributed by atoms with E-state index in [9.17, 15) is 8.42 Å². The number of aromatic nitrogens is 2. The van der Waals surface area contributed by atoms with Crippen molar-refractivity contribution < 1.29 is 12.9 Å². The van der Waals surface area contributed by atoms with E-state index in [0.29, 0.717) is 30.4 Å². The monoisotopic (exact) mass is 364 g/mol. The quantitative estimate of drug-likeness (QED) is 0.845. The predicted molar refractivity (Wildman–Crippen MR) is 94.2 cm³/mol. The first kappa shape index (κ1) is 18.0. The van der Waals surface area contributed by atoms with E-state index >= 15 is 0 Å². The molecule has 25 heavy (non-hydrogen) atoms. The fourth-order valence-electron chi connectivity index (χ4n) is 3.25. The summed E-state index contributed by atoms with van der Waals surface area (Å²) in [5.74, 6) is 0.887. The third-order valence-corrected chi connectivity index (χ3v) is 6.88. The second-order valence-electron chi connectivity index (χ2n) is 6.40. The summed E-state index contributed by atoms with van der Waals surface area (Å²) >= 11 is 0. The summed E-state index contributed by atoms with van der Waals surface area (Å²) in [6.07, 6.45) is 3.84. The highest BCUT2D eigenvalue weighted by Crippen LogP contribution is 2.35. The second-order valence-corrected chi connectivity index (χ2v) is 8.34. The van der Waals surface area contributed by atoms with Gasteiger partial charge in [-0.15, -0.1) is 0 Å². The molecule has 2 aromatic rings. The van der Waals surface area contributed by atoms with Gasteiger partial charge in [0, 0.05) is 18.7 Å². The maximum atomic E-state index is 12.5. The molecule has 7 nitrogen and oxygen atoms in total. The molecule has 1 saturated carbocycles. The van der Waals surface area contributed by atoms with Gasteiger partial charge in [-0.05, 0) is 37.1 Å². The molecule has 0 radical (unpaired) electrons. The number of rotatable bonds is 6. The lowest BCUT2D eigenvalue weighted by Gasteiger charge is -2.18. The average Bonchev–Trinajstić information content (AvgIpc) is 3.26. The maximum Gasteiger partial charge on any atom is 0.257 e. The lowest BCUT2D eigenvalue weighted by molar-refractivity contribution is 0.372. The Balaban J connectivity index is 1.85. The van der Waals surface area contributed by atoms with Crippen LogP contribution < -0.4 is 5.73 Å². The van der Waals surface area contributed by atoms with Crippen LogP contribution in [0.2, 0.25) is 0 Å². The van der Waals surface area contributed by atoms with Gasteiger partial charge in [-0.25, -0.2) is 8.42 Å². The molecule has 1 heterocycles. The lowest BCUT2D eigenvalue weighted by Crippen LogP contribution is -2.34. The number of nitrogens with two attached hydrogens (primary N) is 1. The van der Waals surface area contributed by atoms with Gasteiger partial charge in [0.25, 0.3) is 5.89 Å².